The van der Waals surface area contributed by atoms with E-state index in [0.717, 1.165) is 6.54 Å². The van der Waals surface area contributed by atoms with Gasteiger partial charge in [0, 0.05) is 25.2 Å². The van der Waals surface area contributed by atoms with E-state index >= 15 is 0 Å². The number of hydrogen-bond donors (Lipinski definition) is 1. The largest absolute Gasteiger partial charge is 0.313 e. The maximum Gasteiger partial charge on any atom is 0.0239 e. The van der Waals surface area contributed by atoms with Crippen LogP contribution in [-0.2, 0) is 6.54 Å². The SMILES string of the molecule is Cc1cccc(CN(CC2CCCN2)C(C)C)c1C. The summed E-state index contributed by atoms with van der Waals surface area (Å²) in [5.41, 5.74) is 4.33. The Morgan fingerprint density at radius 2 is 2.11 bits per heavy atom. The van der Waals surface area contributed by atoms with Crippen molar-refractivity contribution in [1.82, 2.24) is 10.2 Å². The topological polar surface area (TPSA) is 15.3 Å². The van der Waals surface area contributed by atoms with E-state index < -0.39 is 0 Å². The van der Waals surface area contributed by atoms with Crippen LogP contribution < -0.4 is 5.32 Å². The molecule has 2 heteroatoms. The molecule has 0 bridgehead atoms. The quantitative estimate of drug-likeness (QED) is 0.874. The predicted octanol–water partition coefficient (Wildman–Crippen LogP) is 3.27. The Balaban J connectivity index is 2.05. The van der Waals surface area contributed by atoms with Crippen LogP contribution >= 0.6 is 0 Å². The lowest BCUT2D eigenvalue weighted by Crippen LogP contribution is -2.40. The Morgan fingerprint density at radius 1 is 1.32 bits per heavy atom. The summed E-state index contributed by atoms with van der Waals surface area (Å²) in [6.45, 7) is 12.5. The maximum absolute atomic E-state index is 3.61. The van der Waals surface area contributed by atoms with Gasteiger partial charge in [-0.3, -0.25) is 4.90 Å². The maximum atomic E-state index is 3.61. The Labute approximate surface area is 118 Å². The fourth-order valence-electron chi connectivity index (χ4n) is 2.86. The molecule has 0 saturated carbocycles. The fourth-order valence-corrected chi connectivity index (χ4v) is 2.86. The van der Waals surface area contributed by atoms with Crippen LogP contribution in [-0.4, -0.2) is 30.1 Å². The molecule has 19 heavy (non-hydrogen) atoms. The second kappa shape index (κ2) is 6.53. The summed E-state index contributed by atoms with van der Waals surface area (Å²) < 4.78 is 0. The highest BCUT2D eigenvalue weighted by molar-refractivity contribution is 5.33. The monoisotopic (exact) mass is 260 g/mol. The van der Waals surface area contributed by atoms with Gasteiger partial charge in [-0.2, -0.15) is 0 Å². The first-order chi connectivity index (χ1) is 9.08. The summed E-state index contributed by atoms with van der Waals surface area (Å²) in [7, 11) is 0. The number of hydrogen-bond acceptors (Lipinski definition) is 2. The molecule has 1 aliphatic heterocycles. The van der Waals surface area contributed by atoms with E-state index in [1.165, 1.54) is 42.6 Å². The lowest BCUT2D eigenvalue weighted by Gasteiger charge is -2.30. The van der Waals surface area contributed by atoms with Gasteiger partial charge in [-0.25, -0.2) is 0 Å². The van der Waals surface area contributed by atoms with E-state index in [1.807, 2.05) is 0 Å². The number of aryl methyl sites for hydroxylation is 1. The Kier molecular flexibility index (Phi) is 5.00. The third-order valence-electron chi connectivity index (χ3n) is 4.44. The molecule has 1 atom stereocenters. The molecule has 0 radical (unpaired) electrons. The van der Waals surface area contributed by atoms with Gasteiger partial charge < -0.3 is 5.32 Å². The van der Waals surface area contributed by atoms with Crippen LogP contribution in [0.5, 0.6) is 0 Å². The van der Waals surface area contributed by atoms with E-state index in [9.17, 15) is 0 Å². The first-order valence-electron chi connectivity index (χ1n) is 7.60. The normalized spacial score (nSPS) is 19.6. The van der Waals surface area contributed by atoms with Crippen molar-refractivity contribution in [3.05, 3.63) is 34.9 Å². The van der Waals surface area contributed by atoms with E-state index in [-0.39, 0.29) is 0 Å². The van der Waals surface area contributed by atoms with Gasteiger partial charge in [-0.15, -0.1) is 0 Å². The number of benzene rings is 1. The first kappa shape index (κ1) is 14.5. The van der Waals surface area contributed by atoms with Gasteiger partial charge in [-0.1, -0.05) is 18.2 Å². The third-order valence-corrected chi connectivity index (χ3v) is 4.44. The molecule has 2 rings (SSSR count). The predicted molar refractivity (Wildman–Crippen MR) is 82.5 cm³/mol. The molecular formula is C17H28N2. The Bertz CT molecular complexity index is 406. The van der Waals surface area contributed by atoms with Crippen LogP contribution in [0, 0.1) is 13.8 Å². The van der Waals surface area contributed by atoms with Gasteiger partial charge in [0.05, 0.1) is 0 Å². The zero-order valence-electron chi connectivity index (χ0n) is 12.9. The summed E-state index contributed by atoms with van der Waals surface area (Å²) in [4.78, 5) is 2.60. The second-order valence-electron chi connectivity index (χ2n) is 6.18. The summed E-state index contributed by atoms with van der Waals surface area (Å²) >= 11 is 0. The van der Waals surface area contributed by atoms with Gasteiger partial charge in [0.25, 0.3) is 0 Å². The van der Waals surface area contributed by atoms with Crippen molar-refractivity contribution in [3.8, 4) is 0 Å². The molecule has 1 saturated heterocycles. The van der Waals surface area contributed by atoms with Crippen molar-refractivity contribution in [2.45, 2.75) is 59.2 Å². The highest BCUT2D eigenvalue weighted by atomic mass is 15.2. The van der Waals surface area contributed by atoms with Crippen molar-refractivity contribution in [2.75, 3.05) is 13.1 Å². The van der Waals surface area contributed by atoms with Crippen LogP contribution in [0.1, 0.15) is 43.4 Å². The van der Waals surface area contributed by atoms with E-state index in [1.54, 1.807) is 0 Å². The molecule has 1 aromatic rings. The molecule has 0 aliphatic carbocycles. The highest BCUT2D eigenvalue weighted by Crippen LogP contribution is 2.18. The third kappa shape index (κ3) is 3.80. The second-order valence-corrected chi connectivity index (χ2v) is 6.18. The van der Waals surface area contributed by atoms with Crippen LogP contribution in [0.2, 0.25) is 0 Å². The molecule has 0 spiro atoms. The van der Waals surface area contributed by atoms with Gasteiger partial charge in [-0.05, 0) is 63.8 Å². The molecule has 1 aromatic carbocycles. The summed E-state index contributed by atoms with van der Waals surface area (Å²) in [6, 6.07) is 7.95. The lowest BCUT2D eigenvalue weighted by molar-refractivity contribution is 0.193. The average Bonchev–Trinajstić information content (AvgIpc) is 2.86. The lowest BCUT2D eigenvalue weighted by atomic mass is 10.0. The minimum absolute atomic E-state index is 0.599. The Morgan fingerprint density at radius 3 is 2.74 bits per heavy atom. The van der Waals surface area contributed by atoms with Crippen LogP contribution in [0.15, 0.2) is 18.2 Å². The minimum Gasteiger partial charge on any atom is -0.313 e. The smallest absolute Gasteiger partial charge is 0.0239 e. The average molecular weight is 260 g/mol. The van der Waals surface area contributed by atoms with Gasteiger partial charge in [0.2, 0.25) is 0 Å². The molecule has 1 fully saturated rings. The zero-order valence-corrected chi connectivity index (χ0v) is 12.9. The van der Waals surface area contributed by atoms with Crippen LogP contribution in [0.3, 0.4) is 0 Å². The standard InChI is InChI=1S/C17H28N2/c1-13(2)19(12-17-9-6-10-18-17)11-16-8-5-7-14(3)15(16)4/h5,7-8,13,17-18H,6,9-12H2,1-4H3. The number of rotatable bonds is 5. The van der Waals surface area contributed by atoms with Crippen molar-refractivity contribution in [1.29, 1.82) is 0 Å². The highest BCUT2D eigenvalue weighted by Gasteiger charge is 2.20. The summed E-state index contributed by atoms with van der Waals surface area (Å²) in [5, 5.41) is 3.61. The summed E-state index contributed by atoms with van der Waals surface area (Å²) in [6.07, 6.45) is 2.66. The van der Waals surface area contributed by atoms with E-state index in [2.05, 4.69) is 56.1 Å². The van der Waals surface area contributed by atoms with Gasteiger partial charge >= 0.3 is 0 Å². The molecule has 106 valence electrons. The van der Waals surface area contributed by atoms with Gasteiger partial charge in [0.1, 0.15) is 0 Å². The molecule has 1 N–H and O–H groups in total. The summed E-state index contributed by atoms with van der Waals surface area (Å²) in [5.74, 6) is 0. The molecule has 0 aromatic heterocycles. The van der Waals surface area contributed by atoms with Crippen LogP contribution in [0.4, 0.5) is 0 Å². The van der Waals surface area contributed by atoms with Crippen molar-refractivity contribution in [2.24, 2.45) is 0 Å². The van der Waals surface area contributed by atoms with Crippen molar-refractivity contribution >= 4 is 0 Å². The van der Waals surface area contributed by atoms with Crippen molar-refractivity contribution in [3.63, 3.8) is 0 Å². The molecule has 2 nitrogen and oxygen atoms in total. The fraction of sp³-hybridized carbons (Fsp3) is 0.647. The van der Waals surface area contributed by atoms with E-state index in [0.29, 0.717) is 12.1 Å². The number of nitrogens with zero attached hydrogens (tertiary/aromatic N) is 1. The molecule has 0 amide bonds. The first-order valence-corrected chi connectivity index (χ1v) is 7.60. The van der Waals surface area contributed by atoms with Crippen LogP contribution in [0.25, 0.3) is 0 Å². The molecular weight excluding hydrogens is 232 g/mol. The molecule has 1 heterocycles. The van der Waals surface area contributed by atoms with Gasteiger partial charge in [0.15, 0.2) is 0 Å². The zero-order chi connectivity index (χ0) is 13.8. The van der Waals surface area contributed by atoms with E-state index in [4.69, 9.17) is 0 Å². The van der Waals surface area contributed by atoms with Crippen molar-refractivity contribution < 1.29 is 0 Å². The molecule has 1 unspecified atom stereocenters. The number of nitrogens with one attached hydrogen (secondary N) is 1. The minimum atomic E-state index is 0.599. The Hall–Kier alpha value is -0.860. The molecule has 1 aliphatic rings.